The van der Waals surface area contributed by atoms with Gasteiger partial charge in [-0.05, 0) is 0 Å². The number of allylic oxidation sites excluding steroid dienone is 1. The van der Waals surface area contributed by atoms with Crippen LogP contribution in [0, 0.1) is 0 Å². The summed E-state index contributed by atoms with van der Waals surface area (Å²) in [5.74, 6) is 0. The summed E-state index contributed by atoms with van der Waals surface area (Å²) in [7, 11) is 0. The molecule has 0 saturated heterocycles. The van der Waals surface area contributed by atoms with Crippen LogP contribution in [0.4, 0.5) is 0 Å². The van der Waals surface area contributed by atoms with Crippen LogP contribution in [0.15, 0.2) is 10.2 Å². The molecule has 0 aromatic rings. The summed E-state index contributed by atoms with van der Waals surface area (Å²) < 4.78 is 9.86. The van der Waals surface area contributed by atoms with Gasteiger partial charge in [0.25, 0.3) is 0 Å². The van der Waals surface area contributed by atoms with E-state index in [2.05, 4.69) is 19.9 Å². The first kappa shape index (κ1) is 8.62. The van der Waals surface area contributed by atoms with Crippen LogP contribution in [-0.4, -0.2) is 20.9 Å². The maximum absolute atomic E-state index is 7.57. The average Bonchev–Trinajstić information content (AvgIpc) is 2.01. The van der Waals surface area contributed by atoms with Gasteiger partial charge in [-0.3, -0.25) is 0 Å². The molecule has 0 radical (unpaired) electrons. The Labute approximate surface area is 76.6 Å². The summed E-state index contributed by atoms with van der Waals surface area (Å²) in [5, 5.41) is 0. The third kappa shape index (κ3) is 8.53. The van der Waals surface area contributed by atoms with Gasteiger partial charge in [-0.15, -0.1) is 0 Å². The van der Waals surface area contributed by atoms with Gasteiger partial charge in [0, 0.05) is 0 Å². The first-order valence-electron chi connectivity index (χ1n) is 4.60. The molecule has 0 fully saturated rings. The molecule has 0 bridgehead atoms. The van der Waals surface area contributed by atoms with Crippen LogP contribution in [0.1, 0.15) is 40.9 Å². The van der Waals surface area contributed by atoms with Crippen LogP contribution in [0.25, 0.3) is 0 Å². The average molecular weight is 255 g/mol. The van der Waals surface area contributed by atoms with Crippen LogP contribution < -0.4 is 0 Å². The zero-order chi connectivity index (χ0) is 8.53. The first-order valence-corrected chi connectivity index (χ1v) is 6.92. The molecule has 0 aliphatic heterocycles. The predicted molar refractivity (Wildman–Crippen MR) is 49.5 cm³/mol. The molecule has 0 aromatic heterocycles. The van der Waals surface area contributed by atoms with E-state index in [1.165, 1.54) is 23.7 Å². The van der Waals surface area contributed by atoms with Gasteiger partial charge in [-0.1, -0.05) is 0 Å². The quantitative estimate of drug-likeness (QED) is 0.504. The molecule has 0 unspecified atom stereocenters. The van der Waals surface area contributed by atoms with Gasteiger partial charge in [-0.2, -0.15) is 0 Å². The summed E-state index contributed by atoms with van der Waals surface area (Å²) in [6.07, 6.45) is 7.01. The van der Waals surface area contributed by atoms with E-state index in [1.54, 1.807) is 0 Å². The van der Waals surface area contributed by atoms with E-state index in [4.69, 9.17) is 1.37 Å². The van der Waals surface area contributed by atoms with E-state index in [9.17, 15) is 0 Å². The second-order valence-electron chi connectivity index (χ2n) is 2.31. The molecule has 60 valence electrons. The van der Waals surface area contributed by atoms with Crippen molar-refractivity contribution in [2.75, 3.05) is 0 Å². The minimum atomic E-state index is -0.0944. The second-order valence-corrected chi connectivity index (χ2v) is 4.97. The van der Waals surface area contributed by atoms with Gasteiger partial charge < -0.3 is 0 Å². The molecular weight excluding hydrogens is 236 g/mol. The molecule has 0 spiro atoms. The first-order chi connectivity index (χ1) is 5.31. The normalized spacial score (nSPS) is 13.4. The topological polar surface area (TPSA) is 0 Å². The SMILES string of the molecule is [2H]/C(=C/CCC)[Te]CCCC. The molecule has 0 amide bonds. The number of rotatable bonds is 6. The molecule has 0 aromatic carbocycles. The van der Waals surface area contributed by atoms with E-state index in [1.807, 2.05) is 0 Å². The monoisotopic (exact) mass is 257 g/mol. The van der Waals surface area contributed by atoms with Crippen LogP contribution in [0.2, 0.25) is 4.47 Å². The van der Waals surface area contributed by atoms with Crippen LogP contribution in [0.3, 0.4) is 0 Å². The summed E-state index contributed by atoms with van der Waals surface area (Å²) in [6.45, 7) is 4.38. The fourth-order valence-corrected chi connectivity index (χ4v) is 2.78. The van der Waals surface area contributed by atoms with Gasteiger partial charge in [-0.25, -0.2) is 0 Å². The van der Waals surface area contributed by atoms with Crippen molar-refractivity contribution in [3.05, 3.63) is 10.2 Å². The van der Waals surface area contributed by atoms with E-state index < -0.39 is 0 Å². The van der Waals surface area contributed by atoms with E-state index in [0.29, 0.717) is 0 Å². The number of unbranched alkanes of at least 4 members (excludes halogenated alkanes) is 2. The number of hydrogen-bond donors (Lipinski definition) is 0. The second kappa shape index (κ2) is 9.53. The molecular formula is C9H18Te. The van der Waals surface area contributed by atoms with Crippen molar-refractivity contribution in [2.24, 2.45) is 0 Å². The fourth-order valence-electron chi connectivity index (χ4n) is 0.538. The molecule has 0 saturated carbocycles. The standard InChI is InChI=1S/C9H18Te/c1-3-5-7-9-10-8-6-4-2/h7,9H,3-6,8H2,1-2H3/b9-7-/i9D. The van der Waals surface area contributed by atoms with Gasteiger partial charge in [0.05, 0.1) is 0 Å². The molecule has 0 atom stereocenters. The van der Waals surface area contributed by atoms with Crippen LogP contribution >= 0.6 is 0 Å². The van der Waals surface area contributed by atoms with Crippen LogP contribution in [-0.2, 0) is 0 Å². The van der Waals surface area contributed by atoms with Gasteiger partial charge >= 0.3 is 76.5 Å². The maximum atomic E-state index is 7.57. The Morgan fingerprint density at radius 1 is 1.40 bits per heavy atom. The Bertz CT molecular complexity index is 110. The van der Waals surface area contributed by atoms with E-state index in [0.717, 1.165) is 10.5 Å². The summed E-state index contributed by atoms with van der Waals surface area (Å²) in [5.41, 5.74) is 0. The minimum absolute atomic E-state index is 0.0944. The van der Waals surface area contributed by atoms with Gasteiger partial charge in [0.1, 0.15) is 0 Å². The zero-order valence-corrected chi connectivity index (χ0v) is 9.35. The molecule has 0 nitrogen and oxygen atoms in total. The van der Waals surface area contributed by atoms with Crippen molar-refractivity contribution in [2.45, 2.75) is 44.0 Å². The van der Waals surface area contributed by atoms with Crippen molar-refractivity contribution in [1.29, 1.82) is 0 Å². The van der Waals surface area contributed by atoms with Crippen molar-refractivity contribution >= 4 is 20.9 Å². The van der Waals surface area contributed by atoms with Crippen molar-refractivity contribution in [3.8, 4) is 0 Å². The Morgan fingerprint density at radius 3 is 2.80 bits per heavy atom. The molecule has 0 heterocycles. The Hall–Kier alpha value is 0.530. The molecule has 0 rings (SSSR count). The molecule has 10 heavy (non-hydrogen) atoms. The van der Waals surface area contributed by atoms with Gasteiger partial charge in [0.15, 0.2) is 0 Å². The summed E-state index contributed by atoms with van der Waals surface area (Å²) in [6, 6.07) is 0. The Balaban J connectivity index is 3.27. The van der Waals surface area contributed by atoms with E-state index in [-0.39, 0.29) is 20.9 Å². The molecule has 0 aliphatic carbocycles. The van der Waals surface area contributed by atoms with E-state index >= 15 is 0 Å². The zero-order valence-electron chi connectivity index (χ0n) is 8.02. The molecule has 1 heteroatoms. The van der Waals surface area contributed by atoms with Crippen molar-refractivity contribution in [1.82, 2.24) is 0 Å². The van der Waals surface area contributed by atoms with Crippen molar-refractivity contribution in [3.63, 3.8) is 0 Å². The Morgan fingerprint density at radius 2 is 2.20 bits per heavy atom. The van der Waals surface area contributed by atoms with Gasteiger partial charge in [0.2, 0.25) is 0 Å². The molecule has 0 N–H and O–H groups in total. The fraction of sp³-hybridized carbons (Fsp3) is 0.778. The third-order valence-electron chi connectivity index (χ3n) is 1.20. The van der Waals surface area contributed by atoms with Crippen LogP contribution in [0.5, 0.6) is 0 Å². The summed E-state index contributed by atoms with van der Waals surface area (Å²) >= 11 is -0.0944. The third-order valence-corrected chi connectivity index (χ3v) is 3.56. The predicted octanol–water partition coefficient (Wildman–Crippen LogP) is 3.22. The number of hydrogen-bond acceptors (Lipinski definition) is 0. The summed E-state index contributed by atoms with van der Waals surface area (Å²) in [4.78, 5) is 0. The Kier molecular flexibility index (Phi) is 8.22. The van der Waals surface area contributed by atoms with Crippen molar-refractivity contribution < 1.29 is 1.37 Å². The molecule has 0 aliphatic rings.